The van der Waals surface area contributed by atoms with Gasteiger partial charge in [0.15, 0.2) is 0 Å². The van der Waals surface area contributed by atoms with E-state index in [1.165, 1.54) is 11.8 Å². The number of carbonyl (C=O) groups excluding carboxylic acids is 3. The van der Waals surface area contributed by atoms with Crippen LogP contribution in [-0.4, -0.2) is 87.7 Å². The molecule has 0 aliphatic carbocycles. The summed E-state index contributed by atoms with van der Waals surface area (Å²) < 4.78 is 0. The molecule has 0 radical (unpaired) electrons. The van der Waals surface area contributed by atoms with Gasteiger partial charge in [-0.25, -0.2) is 0 Å². The molecule has 0 fully saturated rings. The maximum atomic E-state index is 10.7. The van der Waals surface area contributed by atoms with Gasteiger partial charge in [0.2, 0.25) is 6.41 Å². The number of Topliss-reactive ketones (excluding diaryl/α,β-unsaturated/α-hetero) is 2. The van der Waals surface area contributed by atoms with Crippen molar-refractivity contribution in [1.29, 1.82) is 0 Å². The van der Waals surface area contributed by atoms with E-state index in [2.05, 4.69) is 22.5 Å². The molecule has 2 N–H and O–H groups in total. The van der Waals surface area contributed by atoms with Crippen LogP contribution >= 0.6 is 0 Å². The van der Waals surface area contributed by atoms with E-state index in [0.717, 1.165) is 19.6 Å². The number of nitrogens with zero attached hydrogens (tertiary/aromatic N) is 2. The minimum absolute atomic E-state index is 0.00760. The zero-order chi connectivity index (χ0) is 17.4. The lowest BCUT2D eigenvalue weighted by atomic mass is 10.4. The van der Waals surface area contributed by atoms with Gasteiger partial charge < -0.3 is 15.5 Å². The van der Waals surface area contributed by atoms with Gasteiger partial charge in [0.25, 0.3) is 0 Å². The van der Waals surface area contributed by atoms with Crippen molar-refractivity contribution in [3.8, 4) is 0 Å². The summed E-state index contributed by atoms with van der Waals surface area (Å²) in [5.74, 6) is 0.246. The van der Waals surface area contributed by atoms with Crippen molar-refractivity contribution in [3.05, 3.63) is 0 Å². The van der Waals surface area contributed by atoms with E-state index in [1.807, 2.05) is 7.05 Å². The molecule has 22 heavy (non-hydrogen) atoms. The first-order valence-electron chi connectivity index (χ1n) is 7.60. The molecule has 0 heterocycles. The summed E-state index contributed by atoms with van der Waals surface area (Å²) in [6, 6.07) is 0. The van der Waals surface area contributed by atoms with Crippen LogP contribution in [0.1, 0.15) is 20.8 Å². The Labute approximate surface area is 134 Å². The summed E-state index contributed by atoms with van der Waals surface area (Å²) in [5, 5.41) is 5.95. The summed E-state index contributed by atoms with van der Waals surface area (Å²) >= 11 is 0. The van der Waals surface area contributed by atoms with E-state index < -0.39 is 0 Å². The van der Waals surface area contributed by atoms with Crippen LogP contribution in [0, 0.1) is 0 Å². The molecule has 130 valence electrons. The lowest BCUT2D eigenvalue weighted by molar-refractivity contribution is -0.125. The molecule has 7 nitrogen and oxygen atoms in total. The van der Waals surface area contributed by atoms with Gasteiger partial charge in [-0.15, -0.1) is 0 Å². The van der Waals surface area contributed by atoms with E-state index in [4.69, 9.17) is 0 Å². The van der Waals surface area contributed by atoms with Gasteiger partial charge in [0.1, 0.15) is 11.6 Å². The van der Waals surface area contributed by atoms with Gasteiger partial charge in [-0.1, -0.05) is 6.92 Å². The molecule has 0 aromatic rings. The van der Waals surface area contributed by atoms with E-state index in [1.54, 1.807) is 14.0 Å². The van der Waals surface area contributed by atoms with Crippen molar-refractivity contribution >= 4 is 18.0 Å². The SMILES string of the molecule is CCN(CCNC)CC(C)=O.CNCCN(C=O)CC(C)=O. The van der Waals surface area contributed by atoms with Gasteiger partial charge in [0.05, 0.1) is 13.1 Å². The minimum atomic E-state index is 0.00760. The second kappa shape index (κ2) is 16.1. The number of carbonyl (C=O) groups is 3. The number of nitrogens with one attached hydrogen (secondary N) is 2. The fourth-order valence-electron chi connectivity index (χ4n) is 1.64. The second-order valence-corrected chi connectivity index (χ2v) is 5.06. The largest absolute Gasteiger partial charge is 0.337 e. The fourth-order valence-corrected chi connectivity index (χ4v) is 1.64. The Balaban J connectivity index is 0. The van der Waals surface area contributed by atoms with Crippen LogP contribution in [0.25, 0.3) is 0 Å². The minimum Gasteiger partial charge on any atom is -0.337 e. The zero-order valence-electron chi connectivity index (χ0n) is 14.6. The Morgan fingerprint density at radius 3 is 1.82 bits per heavy atom. The van der Waals surface area contributed by atoms with Crippen LogP contribution in [-0.2, 0) is 14.4 Å². The average molecular weight is 316 g/mol. The van der Waals surface area contributed by atoms with Gasteiger partial charge in [-0.2, -0.15) is 0 Å². The van der Waals surface area contributed by atoms with Gasteiger partial charge in [-0.05, 0) is 34.5 Å². The predicted octanol–water partition coefficient (Wildman–Crippen LogP) is -0.630. The highest BCUT2D eigenvalue weighted by molar-refractivity contribution is 5.79. The molecule has 0 saturated carbocycles. The first-order valence-corrected chi connectivity index (χ1v) is 7.60. The van der Waals surface area contributed by atoms with Crippen molar-refractivity contribution in [1.82, 2.24) is 20.4 Å². The average Bonchev–Trinajstić information content (AvgIpc) is 2.47. The molecule has 0 bridgehead atoms. The highest BCUT2D eigenvalue weighted by Crippen LogP contribution is 1.86. The molecule has 0 aliphatic heterocycles. The molecular formula is C15H32N4O3. The molecule has 7 heteroatoms. The first-order chi connectivity index (χ1) is 10.4. The second-order valence-electron chi connectivity index (χ2n) is 5.06. The van der Waals surface area contributed by atoms with Crippen molar-refractivity contribution in [3.63, 3.8) is 0 Å². The highest BCUT2D eigenvalue weighted by Gasteiger charge is 2.03. The third-order valence-corrected chi connectivity index (χ3v) is 2.80. The molecule has 0 saturated heterocycles. The molecule has 0 aromatic carbocycles. The topological polar surface area (TPSA) is 81.8 Å². The summed E-state index contributed by atoms with van der Waals surface area (Å²) in [4.78, 5) is 35.1. The van der Waals surface area contributed by atoms with Crippen LogP contribution < -0.4 is 10.6 Å². The van der Waals surface area contributed by atoms with Crippen molar-refractivity contribution in [2.24, 2.45) is 0 Å². The molecule has 0 aliphatic rings. The zero-order valence-corrected chi connectivity index (χ0v) is 14.6. The molecule has 0 atom stereocenters. The van der Waals surface area contributed by atoms with Crippen molar-refractivity contribution in [2.45, 2.75) is 20.8 Å². The summed E-state index contributed by atoms with van der Waals surface area (Å²) in [6.07, 6.45) is 0.693. The summed E-state index contributed by atoms with van der Waals surface area (Å²) in [7, 11) is 3.72. The van der Waals surface area contributed by atoms with E-state index >= 15 is 0 Å². The Morgan fingerprint density at radius 2 is 1.45 bits per heavy atom. The molecule has 0 rings (SSSR count). The molecular weight excluding hydrogens is 284 g/mol. The van der Waals surface area contributed by atoms with E-state index in [0.29, 0.717) is 26.0 Å². The Morgan fingerprint density at radius 1 is 0.955 bits per heavy atom. The number of amides is 1. The number of hydrogen-bond donors (Lipinski definition) is 2. The van der Waals surface area contributed by atoms with Crippen LogP contribution in [0.5, 0.6) is 0 Å². The summed E-state index contributed by atoms with van der Waals surface area (Å²) in [5.41, 5.74) is 0. The normalized spacial score (nSPS) is 9.91. The Hall–Kier alpha value is -1.31. The molecule has 0 unspecified atom stereocenters. The van der Waals surface area contributed by atoms with Crippen LogP contribution in [0.3, 0.4) is 0 Å². The van der Waals surface area contributed by atoms with E-state index in [-0.39, 0.29) is 18.1 Å². The molecule has 0 spiro atoms. The lowest BCUT2D eigenvalue weighted by Gasteiger charge is -2.17. The van der Waals surface area contributed by atoms with Gasteiger partial charge in [-0.3, -0.25) is 19.3 Å². The number of hydrogen-bond acceptors (Lipinski definition) is 6. The quantitative estimate of drug-likeness (QED) is 0.467. The first kappa shape index (κ1) is 23.0. The summed E-state index contributed by atoms with van der Waals surface area (Å²) in [6.45, 7) is 10.1. The Bertz CT molecular complexity index is 311. The third-order valence-electron chi connectivity index (χ3n) is 2.80. The monoisotopic (exact) mass is 316 g/mol. The Kier molecular flexibility index (Phi) is 16.8. The predicted molar refractivity (Wildman–Crippen MR) is 89.0 cm³/mol. The van der Waals surface area contributed by atoms with Gasteiger partial charge in [0, 0.05) is 26.2 Å². The van der Waals surface area contributed by atoms with Crippen molar-refractivity contribution < 1.29 is 14.4 Å². The highest BCUT2D eigenvalue weighted by atomic mass is 16.1. The number of ketones is 2. The van der Waals surface area contributed by atoms with Crippen molar-refractivity contribution in [2.75, 3.05) is 59.9 Å². The number of likely N-dealkylation sites (N-methyl/N-ethyl adjacent to an activating group) is 3. The smallest absolute Gasteiger partial charge is 0.210 e. The maximum Gasteiger partial charge on any atom is 0.210 e. The standard InChI is InChI=1S/C8H18N2O.C7H14N2O2/c1-4-10(6-5-9-3)7-8(2)11;1-7(11)5-9(6-10)4-3-8-2/h9H,4-7H2,1-3H3;6,8H,3-5H2,1-2H3. The molecule has 0 aromatic heterocycles. The van der Waals surface area contributed by atoms with Crippen LogP contribution in [0.4, 0.5) is 0 Å². The number of rotatable bonds is 12. The van der Waals surface area contributed by atoms with Gasteiger partial charge >= 0.3 is 0 Å². The molecule has 1 amide bonds. The van der Waals surface area contributed by atoms with Crippen LogP contribution in [0.2, 0.25) is 0 Å². The van der Waals surface area contributed by atoms with Crippen LogP contribution in [0.15, 0.2) is 0 Å². The maximum absolute atomic E-state index is 10.7. The third kappa shape index (κ3) is 16.7. The fraction of sp³-hybridized carbons (Fsp3) is 0.800. The lowest BCUT2D eigenvalue weighted by Crippen LogP contribution is -2.34. The van der Waals surface area contributed by atoms with E-state index in [9.17, 15) is 14.4 Å².